The van der Waals surface area contributed by atoms with E-state index in [-0.39, 0.29) is 29.8 Å². The van der Waals surface area contributed by atoms with E-state index in [1.165, 1.54) is 12.1 Å². The summed E-state index contributed by atoms with van der Waals surface area (Å²) < 4.78 is 25.7. The number of amides is 3. The highest BCUT2D eigenvalue weighted by Crippen LogP contribution is 2.39. The number of likely N-dealkylation sites (tertiary alicyclic amines) is 1. The van der Waals surface area contributed by atoms with E-state index in [9.17, 15) is 18.8 Å². The Bertz CT molecular complexity index is 1180. The molecule has 0 N–H and O–H groups in total. The highest BCUT2D eigenvalue weighted by Gasteiger charge is 2.37. The maximum absolute atomic E-state index is 13.5. The summed E-state index contributed by atoms with van der Waals surface area (Å²) in [5.41, 5.74) is 1.29. The Morgan fingerprint density at radius 1 is 1.17 bits per heavy atom. The number of carbonyl (C=O) groups is 3. The molecule has 0 radical (unpaired) electrons. The Morgan fingerprint density at radius 3 is 2.66 bits per heavy atom. The van der Waals surface area contributed by atoms with Gasteiger partial charge in [-0.25, -0.2) is 4.39 Å². The van der Waals surface area contributed by atoms with Gasteiger partial charge >= 0.3 is 0 Å². The zero-order chi connectivity index (χ0) is 24.9. The highest BCUT2D eigenvalue weighted by atomic mass is 79.9. The summed E-state index contributed by atoms with van der Waals surface area (Å²) in [6.45, 7) is 3.42. The molecule has 2 aromatic carbocycles. The third-order valence-corrected chi connectivity index (χ3v) is 7.02. The van der Waals surface area contributed by atoms with Crippen LogP contribution in [0.25, 0.3) is 6.08 Å². The van der Waals surface area contributed by atoms with Crippen LogP contribution < -0.4 is 9.47 Å². The fourth-order valence-corrected chi connectivity index (χ4v) is 5.26. The predicted octanol–water partition coefficient (Wildman–Crippen LogP) is 5.22. The van der Waals surface area contributed by atoms with Crippen molar-refractivity contribution in [2.75, 3.05) is 26.2 Å². The number of halogens is 2. The van der Waals surface area contributed by atoms with Gasteiger partial charge < -0.3 is 14.4 Å². The monoisotopic (exact) mass is 562 g/mol. The molecule has 7 nitrogen and oxygen atoms in total. The molecule has 3 amide bonds. The Hall–Kier alpha value is -2.85. The van der Waals surface area contributed by atoms with Gasteiger partial charge in [-0.1, -0.05) is 12.1 Å². The van der Waals surface area contributed by atoms with Crippen LogP contribution in [0, 0.1) is 5.82 Å². The van der Waals surface area contributed by atoms with E-state index in [2.05, 4.69) is 15.9 Å². The van der Waals surface area contributed by atoms with Crippen LogP contribution in [0.2, 0.25) is 0 Å². The molecule has 2 fully saturated rings. The number of benzene rings is 2. The molecule has 0 bridgehead atoms. The molecule has 2 aliphatic rings. The Labute approximate surface area is 215 Å². The van der Waals surface area contributed by atoms with Gasteiger partial charge in [0.25, 0.3) is 11.1 Å². The average Bonchev–Trinajstić information content (AvgIpc) is 3.44. The van der Waals surface area contributed by atoms with Gasteiger partial charge in [0, 0.05) is 13.1 Å². The van der Waals surface area contributed by atoms with Gasteiger partial charge in [0.15, 0.2) is 11.5 Å². The van der Waals surface area contributed by atoms with Crippen LogP contribution in [-0.4, -0.2) is 53.1 Å². The summed E-state index contributed by atoms with van der Waals surface area (Å²) in [4.78, 5) is 40.6. The largest absolute Gasteiger partial charge is 0.490 e. The average molecular weight is 563 g/mol. The molecule has 0 aromatic heterocycles. The number of thioether (sulfide) groups is 1. The first-order chi connectivity index (χ1) is 16.9. The summed E-state index contributed by atoms with van der Waals surface area (Å²) in [7, 11) is 0. The van der Waals surface area contributed by atoms with Gasteiger partial charge in [-0.05, 0) is 88.9 Å². The summed E-state index contributed by atoms with van der Waals surface area (Å²) in [5.74, 6) is -0.174. The molecule has 0 aliphatic carbocycles. The van der Waals surface area contributed by atoms with Crippen molar-refractivity contribution in [3.8, 4) is 11.5 Å². The lowest BCUT2D eigenvalue weighted by molar-refractivity contribution is -0.135. The molecule has 0 atom stereocenters. The molecular formula is C25H24BrFN2O5S. The van der Waals surface area contributed by atoms with Gasteiger partial charge in [0.05, 0.1) is 16.0 Å². The lowest BCUT2D eigenvalue weighted by Gasteiger charge is -2.18. The minimum absolute atomic E-state index is 0.139. The molecule has 184 valence electrons. The van der Waals surface area contributed by atoms with Crippen LogP contribution in [0.15, 0.2) is 45.8 Å². The number of carbonyl (C=O) groups excluding carboxylic acids is 3. The minimum atomic E-state index is -0.493. The third kappa shape index (κ3) is 6.05. The second-order valence-corrected chi connectivity index (χ2v) is 9.88. The van der Waals surface area contributed by atoms with Gasteiger partial charge in [-0.3, -0.25) is 19.3 Å². The summed E-state index contributed by atoms with van der Waals surface area (Å²) >= 11 is 4.29. The first-order valence-corrected chi connectivity index (χ1v) is 12.8. The molecule has 4 rings (SSSR count). The molecular weight excluding hydrogens is 539 g/mol. The highest BCUT2D eigenvalue weighted by molar-refractivity contribution is 9.10. The number of nitrogens with zero attached hydrogens (tertiary/aromatic N) is 2. The fraction of sp³-hybridized carbons (Fsp3) is 0.320. The van der Waals surface area contributed by atoms with Crippen molar-refractivity contribution in [1.29, 1.82) is 0 Å². The number of hydrogen-bond acceptors (Lipinski definition) is 6. The molecule has 0 spiro atoms. The molecule has 2 aromatic rings. The van der Waals surface area contributed by atoms with Crippen molar-refractivity contribution in [3.63, 3.8) is 0 Å². The number of rotatable bonds is 8. The third-order valence-electron chi connectivity index (χ3n) is 5.53. The first kappa shape index (κ1) is 25.2. The minimum Gasteiger partial charge on any atom is -0.490 e. The Morgan fingerprint density at radius 2 is 1.94 bits per heavy atom. The smallest absolute Gasteiger partial charge is 0.294 e. The van der Waals surface area contributed by atoms with Crippen LogP contribution in [0.5, 0.6) is 11.5 Å². The van der Waals surface area contributed by atoms with Crippen LogP contribution in [0.1, 0.15) is 30.9 Å². The van der Waals surface area contributed by atoms with Crippen LogP contribution in [-0.2, 0) is 16.2 Å². The quantitative estimate of drug-likeness (QED) is 0.410. The van der Waals surface area contributed by atoms with E-state index < -0.39 is 11.1 Å². The van der Waals surface area contributed by atoms with E-state index in [0.717, 1.165) is 29.5 Å². The van der Waals surface area contributed by atoms with E-state index in [1.54, 1.807) is 35.2 Å². The van der Waals surface area contributed by atoms with Gasteiger partial charge in [0.1, 0.15) is 19.0 Å². The van der Waals surface area contributed by atoms with E-state index in [4.69, 9.17) is 9.47 Å². The van der Waals surface area contributed by atoms with Gasteiger partial charge in [-0.15, -0.1) is 0 Å². The molecule has 35 heavy (non-hydrogen) atoms. The van der Waals surface area contributed by atoms with E-state index >= 15 is 0 Å². The second kappa shape index (κ2) is 11.3. The molecule has 2 saturated heterocycles. The first-order valence-electron chi connectivity index (χ1n) is 11.2. The predicted molar refractivity (Wildman–Crippen MR) is 135 cm³/mol. The maximum Gasteiger partial charge on any atom is 0.294 e. The van der Waals surface area contributed by atoms with Crippen molar-refractivity contribution < 1.29 is 28.2 Å². The standard InChI is InChI=1S/C25H24BrFN2O5S/c1-2-33-20-12-17(11-19(26)23(20)34-15-16-6-5-7-18(27)10-16)13-21-24(31)29(25(32)35-21)14-22(30)28-8-3-4-9-28/h5-7,10-13H,2-4,8-9,14-15H2,1H3/b21-13+. The normalized spacial score (nSPS) is 16.9. The van der Waals surface area contributed by atoms with Crippen molar-refractivity contribution in [2.45, 2.75) is 26.4 Å². The number of ether oxygens (including phenoxy) is 2. The maximum atomic E-state index is 13.5. The van der Waals surface area contributed by atoms with Crippen molar-refractivity contribution in [1.82, 2.24) is 9.80 Å². The molecule has 10 heteroatoms. The number of imide groups is 1. The molecule has 2 aliphatic heterocycles. The van der Waals surface area contributed by atoms with Crippen molar-refractivity contribution >= 4 is 50.8 Å². The molecule has 0 unspecified atom stereocenters. The summed E-state index contributed by atoms with van der Waals surface area (Å²) in [5, 5.41) is -0.465. The second-order valence-electron chi connectivity index (χ2n) is 8.04. The van der Waals surface area contributed by atoms with Crippen LogP contribution >= 0.6 is 27.7 Å². The summed E-state index contributed by atoms with van der Waals surface area (Å²) in [6.07, 6.45) is 3.47. The van der Waals surface area contributed by atoms with Crippen LogP contribution in [0.3, 0.4) is 0 Å². The van der Waals surface area contributed by atoms with Gasteiger partial charge in [0.2, 0.25) is 5.91 Å². The molecule has 2 heterocycles. The SMILES string of the molecule is CCOc1cc(/C=C2/SC(=O)N(CC(=O)N3CCCC3)C2=O)cc(Br)c1OCc1cccc(F)c1. The van der Waals surface area contributed by atoms with Crippen molar-refractivity contribution in [2.24, 2.45) is 0 Å². The van der Waals surface area contributed by atoms with Crippen LogP contribution in [0.4, 0.5) is 9.18 Å². The zero-order valence-corrected chi connectivity index (χ0v) is 21.5. The fourth-order valence-electron chi connectivity index (χ4n) is 3.85. The van der Waals surface area contributed by atoms with E-state index in [0.29, 0.717) is 46.8 Å². The van der Waals surface area contributed by atoms with Crippen molar-refractivity contribution in [3.05, 3.63) is 62.7 Å². The molecule has 0 saturated carbocycles. The Kier molecular flexibility index (Phi) is 8.12. The lowest BCUT2D eigenvalue weighted by atomic mass is 10.1. The number of hydrogen-bond donors (Lipinski definition) is 0. The lowest BCUT2D eigenvalue weighted by Crippen LogP contribution is -2.40. The summed E-state index contributed by atoms with van der Waals surface area (Å²) in [6, 6.07) is 9.58. The van der Waals surface area contributed by atoms with Gasteiger partial charge in [-0.2, -0.15) is 0 Å². The Balaban J connectivity index is 1.52. The van der Waals surface area contributed by atoms with E-state index in [1.807, 2.05) is 6.92 Å². The zero-order valence-electron chi connectivity index (χ0n) is 19.1. The topological polar surface area (TPSA) is 76.2 Å².